The SMILES string of the molecule is CC1(CN=CC(Br)=CN)COC1. The third kappa shape index (κ3) is 2.60. The maximum atomic E-state index is 5.24. The van der Waals surface area contributed by atoms with Crippen LogP contribution in [0.2, 0.25) is 0 Å². The summed E-state index contributed by atoms with van der Waals surface area (Å²) in [5.41, 5.74) is 5.49. The molecule has 0 aromatic rings. The summed E-state index contributed by atoms with van der Waals surface area (Å²) < 4.78 is 5.91. The number of hydrogen-bond acceptors (Lipinski definition) is 3. The first-order valence-corrected chi connectivity index (χ1v) is 4.61. The topological polar surface area (TPSA) is 47.6 Å². The van der Waals surface area contributed by atoms with E-state index in [1.54, 1.807) is 6.21 Å². The molecule has 12 heavy (non-hydrogen) atoms. The van der Waals surface area contributed by atoms with Crippen LogP contribution in [0, 0.1) is 5.41 Å². The molecule has 0 unspecified atom stereocenters. The molecule has 0 aromatic heterocycles. The summed E-state index contributed by atoms with van der Waals surface area (Å²) in [5, 5.41) is 0. The monoisotopic (exact) mass is 232 g/mol. The predicted molar refractivity (Wildman–Crippen MR) is 53.5 cm³/mol. The Hall–Kier alpha value is -0.350. The lowest BCUT2D eigenvalue weighted by Gasteiger charge is -2.36. The quantitative estimate of drug-likeness (QED) is 0.746. The molecule has 4 heteroatoms. The maximum Gasteiger partial charge on any atom is 0.0560 e. The van der Waals surface area contributed by atoms with Crippen molar-refractivity contribution in [2.75, 3.05) is 19.8 Å². The number of aliphatic imine (C=N–C) groups is 1. The standard InChI is InChI=1S/C8H13BrN2O/c1-8(5-12-6-8)4-11-3-7(9)2-10/h2-3H,4-6,10H2,1H3. The van der Waals surface area contributed by atoms with Crippen LogP contribution in [-0.4, -0.2) is 26.0 Å². The first-order valence-electron chi connectivity index (χ1n) is 3.81. The van der Waals surface area contributed by atoms with Gasteiger partial charge in [0.2, 0.25) is 0 Å². The summed E-state index contributed by atoms with van der Waals surface area (Å²) in [6.07, 6.45) is 3.20. The summed E-state index contributed by atoms with van der Waals surface area (Å²) >= 11 is 3.24. The highest BCUT2D eigenvalue weighted by molar-refractivity contribution is 9.12. The van der Waals surface area contributed by atoms with E-state index in [-0.39, 0.29) is 5.41 Å². The van der Waals surface area contributed by atoms with Crippen LogP contribution in [-0.2, 0) is 4.74 Å². The lowest BCUT2D eigenvalue weighted by Crippen LogP contribution is -2.42. The van der Waals surface area contributed by atoms with Crippen LogP contribution in [0.1, 0.15) is 6.92 Å². The molecule has 1 fully saturated rings. The van der Waals surface area contributed by atoms with Gasteiger partial charge in [-0.3, -0.25) is 4.99 Å². The molecule has 1 rings (SSSR count). The highest BCUT2D eigenvalue weighted by Gasteiger charge is 2.32. The number of ether oxygens (including phenoxy) is 1. The molecule has 1 aliphatic rings. The molecule has 1 saturated heterocycles. The van der Waals surface area contributed by atoms with Crippen molar-refractivity contribution < 1.29 is 4.74 Å². The predicted octanol–water partition coefficient (Wildman–Crippen LogP) is 1.29. The van der Waals surface area contributed by atoms with Crippen molar-refractivity contribution in [2.45, 2.75) is 6.92 Å². The molecule has 0 amide bonds. The Balaban J connectivity index is 2.29. The van der Waals surface area contributed by atoms with Crippen molar-refractivity contribution in [3.05, 3.63) is 10.7 Å². The molecule has 0 saturated carbocycles. The van der Waals surface area contributed by atoms with Gasteiger partial charge in [-0.1, -0.05) is 6.92 Å². The average molecular weight is 233 g/mol. The molecule has 1 aliphatic heterocycles. The van der Waals surface area contributed by atoms with E-state index in [9.17, 15) is 0 Å². The number of halogens is 1. The molecular weight excluding hydrogens is 220 g/mol. The molecule has 68 valence electrons. The molecule has 0 atom stereocenters. The van der Waals surface area contributed by atoms with E-state index < -0.39 is 0 Å². The van der Waals surface area contributed by atoms with Crippen LogP contribution in [0.3, 0.4) is 0 Å². The third-order valence-corrected chi connectivity index (χ3v) is 2.22. The highest BCUT2D eigenvalue weighted by atomic mass is 79.9. The van der Waals surface area contributed by atoms with Gasteiger partial charge in [0, 0.05) is 24.4 Å². The van der Waals surface area contributed by atoms with Gasteiger partial charge >= 0.3 is 0 Å². The fourth-order valence-electron chi connectivity index (χ4n) is 0.938. The van der Waals surface area contributed by atoms with Crippen LogP contribution >= 0.6 is 15.9 Å². The Morgan fingerprint density at radius 1 is 1.75 bits per heavy atom. The van der Waals surface area contributed by atoms with E-state index in [1.807, 2.05) is 0 Å². The Bertz CT molecular complexity index is 209. The second-order valence-corrected chi connectivity index (χ2v) is 4.24. The van der Waals surface area contributed by atoms with Crippen LogP contribution in [0.15, 0.2) is 15.7 Å². The molecule has 2 N–H and O–H groups in total. The molecule has 0 aliphatic carbocycles. The summed E-state index contributed by atoms with van der Waals surface area (Å²) in [5.74, 6) is 0. The normalized spacial score (nSPS) is 22.7. The zero-order valence-corrected chi connectivity index (χ0v) is 8.67. The Morgan fingerprint density at radius 3 is 2.83 bits per heavy atom. The lowest BCUT2D eigenvalue weighted by molar-refractivity contribution is -0.0944. The van der Waals surface area contributed by atoms with Crippen LogP contribution in [0.25, 0.3) is 0 Å². The largest absolute Gasteiger partial charge is 0.404 e. The second-order valence-electron chi connectivity index (χ2n) is 3.32. The zero-order valence-electron chi connectivity index (χ0n) is 7.09. The van der Waals surface area contributed by atoms with E-state index in [4.69, 9.17) is 10.5 Å². The first-order chi connectivity index (χ1) is 5.66. The van der Waals surface area contributed by atoms with E-state index >= 15 is 0 Å². The molecule has 3 nitrogen and oxygen atoms in total. The summed E-state index contributed by atoms with van der Waals surface area (Å²) in [6.45, 7) is 4.59. The number of hydrogen-bond donors (Lipinski definition) is 1. The third-order valence-electron chi connectivity index (χ3n) is 1.75. The van der Waals surface area contributed by atoms with Gasteiger partial charge in [-0.15, -0.1) is 0 Å². The van der Waals surface area contributed by atoms with Crippen molar-refractivity contribution in [3.8, 4) is 0 Å². The van der Waals surface area contributed by atoms with E-state index in [0.29, 0.717) is 0 Å². The fraction of sp³-hybridized carbons (Fsp3) is 0.625. The van der Waals surface area contributed by atoms with Crippen molar-refractivity contribution in [2.24, 2.45) is 16.1 Å². The molecule has 0 radical (unpaired) electrons. The summed E-state index contributed by atoms with van der Waals surface area (Å²) in [6, 6.07) is 0. The molecular formula is C8H13BrN2O. The fourth-order valence-corrected chi connectivity index (χ4v) is 1.08. The minimum atomic E-state index is 0.248. The van der Waals surface area contributed by atoms with Gasteiger partial charge < -0.3 is 10.5 Å². The van der Waals surface area contributed by atoms with Gasteiger partial charge in [0.15, 0.2) is 0 Å². The number of nitrogens with zero attached hydrogens (tertiary/aromatic N) is 1. The van der Waals surface area contributed by atoms with Crippen molar-refractivity contribution in [1.29, 1.82) is 0 Å². The van der Waals surface area contributed by atoms with Crippen LogP contribution in [0.4, 0.5) is 0 Å². The number of rotatable bonds is 3. The Morgan fingerprint density at radius 2 is 2.42 bits per heavy atom. The van der Waals surface area contributed by atoms with Crippen molar-refractivity contribution in [3.63, 3.8) is 0 Å². The molecule has 0 bridgehead atoms. The second kappa shape index (κ2) is 4.05. The van der Waals surface area contributed by atoms with Crippen molar-refractivity contribution >= 4 is 22.1 Å². The minimum absolute atomic E-state index is 0.248. The van der Waals surface area contributed by atoms with Crippen LogP contribution in [0.5, 0.6) is 0 Å². The van der Waals surface area contributed by atoms with Gasteiger partial charge in [-0.2, -0.15) is 0 Å². The van der Waals surface area contributed by atoms with Gasteiger partial charge in [0.05, 0.1) is 17.7 Å². The van der Waals surface area contributed by atoms with Gasteiger partial charge in [0.1, 0.15) is 0 Å². The Labute approximate surface area is 80.8 Å². The van der Waals surface area contributed by atoms with Gasteiger partial charge in [-0.05, 0) is 15.9 Å². The summed E-state index contributed by atoms with van der Waals surface area (Å²) in [7, 11) is 0. The smallest absolute Gasteiger partial charge is 0.0560 e. The maximum absolute atomic E-state index is 5.24. The number of nitrogens with two attached hydrogens (primary N) is 1. The molecule has 1 heterocycles. The van der Waals surface area contributed by atoms with Crippen molar-refractivity contribution in [1.82, 2.24) is 0 Å². The van der Waals surface area contributed by atoms with E-state index in [2.05, 4.69) is 27.8 Å². The van der Waals surface area contributed by atoms with Crippen LogP contribution < -0.4 is 5.73 Å². The summed E-state index contributed by atoms with van der Waals surface area (Å²) in [4.78, 5) is 4.24. The minimum Gasteiger partial charge on any atom is -0.404 e. The average Bonchev–Trinajstić information content (AvgIpc) is 2.01. The van der Waals surface area contributed by atoms with Gasteiger partial charge in [0.25, 0.3) is 0 Å². The Kier molecular flexibility index (Phi) is 3.29. The zero-order chi connectivity index (χ0) is 9.03. The highest BCUT2D eigenvalue weighted by Crippen LogP contribution is 2.26. The first kappa shape index (κ1) is 9.74. The molecule has 0 aromatic carbocycles. The van der Waals surface area contributed by atoms with E-state index in [0.717, 1.165) is 24.2 Å². The number of allylic oxidation sites excluding steroid dienone is 1. The van der Waals surface area contributed by atoms with Gasteiger partial charge in [-0.25, -0.2) is 0 Å². The molecule has 0 spiro atoms. The lowest BCUT2D eigenvalue weighted by atomic mass is 9.89. The van der Waals surface area contributed by atoms with E-state index in [1.165, 1.54) is 6.20 Å².